The van der Waals surface area contributed by atoms with Gasteiger partial charge in [-0.15, -0.1) is 0 Å². The third-order valence-electron chi connectivity index (χ3n) is 4.72. The van der Waals surface area contributed by atoms with Crippen LogP contribution in [0.3, 0.4) is 0 Å². The highest BCUT2D eigenvalue weighted by Crippen LogP contribution is 2.39. The summed E-state index contributed by atoms with van der Waals surface area (Å²) in [5, 5.41) is 3.64. The number of unbranched alkanes of at least 4 members (excludes halogenated alkanes) is 5. The zero-order chi connectivity index (χ0) is 14.1. The van der Waals surface area contributed by atoms with E-state index in [0.29, 0.717) is 17.6 Å². The average Bonchev–Trinajstić information content (AvgIpc) is 2.73. The highest BCUT2D eigenvalue weighted by atomic mass is 16.5. The Balaban J connectivity index is 2.29. The van der Waals surface area contributed by atoms with Crippen LogP contribution in [-0.4, -0.2) is 25.3 Å². The molecule has 1 heterocycles. The fourth-order valence-electron chi connectivity index (χ4n) is 3.13. The Bertz CT molecular complexity index is 229. The monoisotopic (exact) mass is 269 g/mol. The summed E-state index contributed by atoms with van der Waals surface area (Å²) in [5.74, 6) is 0. The average molecular weight is 269 g/mol. The van der Waals surface area contributed by atoms with Crippen molar-refractivity contribution in [2.75, 3.05) is 13.2 Å². The van der Waals surface area contributed by atoms with Gasteiger partial charge in [0, 0.05) is 24.6 Å². The molecule has 0 amide bonds. The molecule has 0 saturated carbocycles. The molecule has 2 atom stereocenters. The van der Waals surface area contributed by atoms with Gasteiger partial charge in [0.15, 0.2) is 0 Å². The van der Waals surface area contributed by atoms with Gasteiger partial charge in [0.1, 0.15) is 0 Å². The van der Waals surface area contributed by atoms with E-state index >= 15 is 0 Å². The molecule has 0 aliphatic carbocycles. The van der Waals surface area contributed by atoms with Gasteiger partial charge < -0.3 is 10.1 Å². The van der Waals surface area contributed by atoms with Crippen LogP contribution in [0, 0.1) is 5.41 Å². The molecule has 2 unspecified atom stereocenters. The number of ether oxygens (including phenoxy) is 1. The fourth-order valence-corrected chi connectivity index (χ4v) is 3.13. The Labute approximate surface area is 120 Å². The minimum Gasteiger partial charge on any atom is -0.378 e. The first-order valence-electron chi connectivity index (χ1n) is 8.46. The largest absolute Gasteiger partial charge is 0.378 e. The molecule has 2 nitrogen and oxygen atoms in total. The van der Waals surface area contributed by atoms with E-state index in [0.717, 1.165) is 13.2 Å². The number of rotatable bonds is 10. The van der Waals surface area contributed by atoms with E-state index in [2.05, 4.69) is 33.0 Å². The van der Waals surface area contributed by atoms with Crippen LogP contribution in [0.2, 0.25) is 0 Å². The van der Waals surface area contributed by atoms with E-state index in [9.17, 15) is 0 Å². The molecular weight excluding hydrogens is 234 g/mol. The lowest BCUT2D eigenvalue weighted by atomic mass is 9.76. The van der Waals surface area contributed by atoms with E-state index in [1.54, 1.807) is 0 Å². The fraction of sp³-hybridized carbons (Fsp3) is 1.00. The smallest absolute Gasteiger partial charge is 0.0616 e. The molecular formula is C17H35NO. The van der Waals surface area contributed by atoms with Crippen molar-refractivity contribution in [2.45, 2.75) is 91.2 Å². The van der Waals surface area contributed by atoms with E-state index in [4.69, 9.17) is 4.74 Å². The Morgan fingerprint density at radius 1 is 1.16 bits per heavy atom. The van der Waals surface area contributed by atoms with Gasteiger partial charge in [-0.2, -0.15) is 0 Å². The van der Waals surface area contributed by atoms with E-state index in [1.165, 1.54) is 51.4 Å². The topological polar surface area (TPSA) is 21.3 Å². The van der Waals surface area contributed by atoms with Crippen molar-refractivity contribution in [1.82, 2.24) is 5.32 Å². The quantitative estimate of drug-likeness (QED) is 0.588. The minimum absolute atomic E-state index is 0.398. The normalized spacial score (nSPS) is 27.3. The lowest BCUT2D eigenvalue weighted by molar-refractivity contribution is 0.0560. The van der Waals surface area contributed by atoms with Crippen LogP contribution < -0.4 is 5.32 Å². The molecule has 0 radical (unpaired) electrons. The summed E-state index contributed by atoms with van der Waals surface area (Å²) in [4.78, 5) is 0. The third-order valence-corrected chi connectivity index (χ3v) is 4.72. The maximum atomic E-state index is 5.86. The molecule has 114 valence electrons. The van der Waals surface area contributed by atoms with Crippen molar-refractivity contribution >= 4 is 0 Å². The van der Waals surface area contributed by atoms with Crippen LogP contribution in [0.15, 0.2) is 0 Å². The first kappa shape index (κ1) is 17.0. The summed E-state index contributed by atoms with van der Waals surface area (Å²) in [6.07, 6.45) is 11.3. The van der Waals surface area contributed by atoms with Crippen molar-refractivity contribution in [3.8, 4) is 0 Å². The zero-order valence-electron chi connectivity index (χ0n) is 13.6. The summed E-state index contributed by atoms with van der Waals surface area (Å²) < 4.78 is 5.86. The molecule has 19 heavy (non-hydrogen) atoms. The zero-order valence-corrected chi connectivity index (χ0v) is 13.6. The van der Waals surface area contributed by atoms with Gasteiger partial charge in [0.25, 0.3) is 0 Å². The molecule has 0 bridgehead atoms. The summed E-state index contributed by atoms with van der Waals surface area (Å²) in [7, 11) is 0. The first-order chi connectivity index (χ1) is 9.10. The predicted octanol–water partition coefficient (Wildman–Crippen LogP) is 4.53. The molecule has 1 rings (SSSR count). The molecule has 1 aliphatic heterocycles. The third kappa shape index (κ3) is 5.83. The van der Waals surface area contributed by atoms with Crippen LogP contribution in [0.25, 0.3) is 0 Å². The van der Waals surface area contributed by atoms with Gasteiger partial charge in [0.05, 0.1) is 6.10 Å². The van der Waals surface area contributed by atoms with Gasteiger partial charge in [-0.3, -0.25) is 0 Å². The van der Waals surface area contributed by atoms with Crippen LogP contribution in [0.4, 0.5) is 0 Å². The van der Waals surface area contributed by atoms with Crippen molar-refractivity contribution in [3.63, 3.8) is 0 Å². The summed E-state index contributed by atoms with van der Waals surface area (Å²) in [6, 6.07) is 0.578. The van der Waals surface area contributed by atoms with Gasteiger partial charge in [-0.25, -0.2) is 0 Å². The molecule has 1 fully saturated rings. The van der Waals surface area contributed by atoms with Gasteiger partial charge in [-0.1, -0.05) is 59.3 Å². The molecule has 1 N–H and O–H groups in total. The number of hydrogen-bond donors (Lipinski definition) is 1. The van der Waals surface area contributed by atoms with E-state index in [1.807, 2.05) is 0 Å². The molecule has 0 aromatic carbocycles. The number of nitrogens with one attached hydrogen (secondary N) is 1. The van der Waals surface area contributed by atoms with E-state index < -0.39 is 0 Å². The molecule has 0 aromatic heterocycles. The van der Waals surface area contributed by atoms with Crippen molar-refractivity contribution in [1.29, 1.82) is 0 Å². The number of hydrogen-bond acceptors (Lipinski definition) is 2. The van der Waals surface area contributed by atoms with Crippen LogP contribution in [-0.2, 0) is 4.74 Å². The molecule has 2 heteroatoms. The van der Waals surface area contributed by atoms with Crippen molar-refractivity contribution in [3.05, 3.63) is 0 Å². The highest BCUT2D eigenvalue weighted by molar-refractivity contribution is 4.91. The summed E-state index contributed by atoms with van der Waals surface area (Å²) in [5.41, 5.74) is 0.398. The second-order valence-electron chi connectivity index (χ2n) is 6.68. The molecule has 1 aliphatic rings. The van der Waals surface area contributed by atoms with Crippen molar-refractivity contribution in [2.24, 2.45) is 5.41 Å². The summed E-state index contributed by atoms with van der Waals surface area (Å²) >= 11 is 0. The van der Waals surface area contributed by atoms with Crippen LogP contribution in [0.5, 0.6) is 0 Å². The lowest BCUT2D eigenvalue weighted by Gasteiger charge is -2.33. The molecule has 1 saturated heterocycles. The Kier molecular flexibility index (Phi) is 8.01. The first-order valence-corrected chi connectivity index (χ1v) is 8.46. The second-order valence-corrected chi connectivity index (χ2v) is 6.68. The summed E-state index contributed by atoms with van der Waals surface area (Å²) in [6.45, 7) is 11.1. The maximum Gasteiger partial charge on any atom is 0.0616 e. The van der Waals surface area contributed by atoms with Crippen molar-refractivity contribution < 1.29 is 4.74 Å². The van der Waals surface area contributed by atoms with Gasteiger partial charge in [0.2, 0.25) is 0 Å². The van der Waals surface area contributed by atoms with Crippen LogP contribution >= 0.6 is 0 Å². The predicted molar refractivity (Wildman–Crippen MR) is 83.6 cm³/mol. The van der Waals surface area contributed by atoms with Crippen LogP contribution in [0.1, 0.15) is 79.1 Å². The molecule has 0 spiro atoms. The SMILES string of the molecule is CCCCCCCCC1(CNC(C)C)CCOC1C. The lowest BCUT2D eigenvalue weighted by Crippen LogP contribution is -2.41. The Morgan fingerprint density at radius 2 is 1.84 bits per heavy atom. The van der Waals surface area contributed by atoms with Gasteiger partial charge >= 0.3 is 0 Å². The Hall–Kier alpha value is -0.0800. The second kappa shape index (κ2) is 8.97. The Morgan fingerprint density at radius 3 is 2.42 bits per heavy atom. The minimum atomic E-state index is 0.398. The van der Waals surface area contributed by atoms with Gasteiger partial charge in [-0.05, 0) is 19.8 Å². The standard InChI is InChI=1S/C17H35NO/c1-5-6-7-8-9-10-11-17(14-18-15(2)3)12-13-19-16(17)4/h15-16,18H,5-14H2,1-4H3. The van der Waals surface area contributed by atoms with E-state index in [-0.39, 0.29) is 0 Å². The molecule has 0 aromatic rings. The maximum absolute atomic E-state index is 5.86. The highest BCUT2D eigenvalue weighted by Gasteiger charge is 2.40.